The Kier molecular flexibility index (Phi) is 7.15. The molecular formula is C18H20N4O6S. The van der Waals surface area contributed by atoms with E-state index in [2.05, 4.69) is 5.32 Å². The maximum absolute atomic E-state index is 12.1. The highest BCUT2D eigenvalue weighted by Crippen LogP contribution is 2.12. The predicted molar refractivity (Wildman–Crippen MR) is 104 cm³/mol. The van der Waals surface area contributed by atoms with Gasteiger partial charge in [0.1, 0.15) is 5.75 Å². The molecule has 0 atom stereocenters. The number of carbonyl (C=O) groups excluding carboxylic acids is 3. The standard InChI is InChI=1S/C18H20N4O6S/c1-12-6-8-15(9-7-12)29(26,27)22-18(25)21-20-16(23)11-19-17(24)13-4-3-5-14(10-13)28-2/h3-10H,11H2,1-2H3,(H,19,24)(H,20,23)(H2,21,22,25). The van der Waals surface area contributed by atoms with Gasteiger partial charge in [0.2, 0.25) is 0 Å². The fourth-order valence-electron chi connectivity index (χ4n) is 2.12. The second-order valence-electron chi connectivity index (χ2n) is 5.84. The van der Waals surface area contributed by atoms with Gasteiger partial charge in [0.05, 0.1) is 18.6 Å². The minimum atomic E-state index is -4.09. The van der Waals surface area contributed by atoms with Crippen LogP contribution in [0.2, 0.25) is 0 Å². The average Bonchev–Trinajstić information content (AvgIpc) is 2.70. The molecule has 2 aromatic rings. The Morgan fingerprint density at radius 2 is 1.69 bits per heavy atom. The number of ether oxygens (including phenoxy) is 1. The Balaban J connectivity index is 1.80. The Morgan fingerprint density at radius 3 is 2.34 bits per heavy atom. The Hall–Kier alpha value is -3.60. The molecule has 2 rings (SSSR count). The van der Waals surface area contributed by atoms with E-state index < -0.39 is 34.4 Å². The number of urea groups is 1. The second kappa shape index (κ2) is 9.55. The van der Waals surface area contributed by atoms with Crippen molar-refractivity contribution in [2.24, 2.45) is 0 Å². The number of hydrazine groups is 1. The Labute approximate surface area is 167 Å². The van der Waals surface area contributed by atoms with Gasteiger partial charge in [-0.25, -0.2) is 23.4 Å². The summed E-state index contributed by atoms with van der Waals surface area (Å²) in [5.41, 5.74) is 5.03. The fraction of sp³-hybridized carbons (Fsp3) is 0.167. The van der Waals surface area contributed by atoms with Gasteiger partial charge in [0.25, 0.3) is 21.8 Å². The number of carbonyl (C=O) groups is 3. The van der Waals surface area contributed by atoms with E-state index in [1.165, 1.54) is 31.4 Å². The lowest BCUT2D eigenvalue weighted by atomic mass is 10.2. The molecule has 4 amide bonds. The van der Waals surface area contributed by atoms with Crippen LogP contribution in [-0.4, -0.2) is 39.9 Å². The van der Waals surface area contributed by atoms with Crippen LogP contribution in [0.4, 0.5) is 4.79 Å². The van der Waals surface area contributed by atoms with Crippen LogP contribution in [0.5, 0.6) is 5.75 Å². The van der Waals surface area contributed by atoms with E-state index in [1.54, 1.807) is 35.9 Å². The molecule has 0 heterocycles. The summed E-state index contributed by atoms with van der Waals surface area (Å²) in [5, 5.41) is 2.36. The number of sulfonamides is 1. The Bertz CT molecular complexity index is 1010. The normalized spacial score (nSPS) is 10.6. The highest BCUT2D eigenvalue weighted by molar-refractivity contribution is 7.90. The first-order chi connectivity index (χ1) is 13.7. The molecule has 0 fully saturated rings. The zero-order valence-corrected chi connectivity index (χ0v) is 16.5. The van der Waals surface area contributed by atoms with Crippen LogP contribution >= 0.6 is 0 Å². The monoisotopic (exact) mass is 420 g/mol. The first-order valence-electron chi connectivity index (χ1n) is 8.32. The average molecular weight is 420 g/mol. The molecule has 0 aliphatic carbocycles. The zero-order chi connectivity index (χ0) is 21.4. The van der Waals surface area contributed by atoms with E-state index in [4.69, 9.17) is 4.74 Å². The summed E-state index contributed by atoms with van der Waals surface area (Å²) in [6.45, 7) is 1.35. The van der Waals surface area contributed by atoms with Gasteiger partial charge in [0, 0.05) is 5.56 Å². The van der Waals surface area contributed by atoms with E-state index in [-0.39, 0.29) is 10.5 Å². The van der Waals surface area contributed by atoms with Gasteiger partial charge in [-0.3, -0.25) is 15.0 Å². The van der Waals surface area contributed by atoms with Crippen molar-refractivity contribution in [3.8, 4) is 5.75 Å². The number of methoxy groups -OCH3 is 1. The molecule has 0 spiro atoms. The van der Waals surface area contributed by atoms with Crippen molar-refractivity contribution in [2.45, 2.75) is 11.8 Å². The number of aryl methyl sites for hydroxylation is 1. The minimum absolute atomic E-state index is 0.102. The molecule has 0 saturated heterocycles. The predicted octanol–water partition coefficient (Wildman–Crippen LogP) is 0.453. The SMILES string of the molecule is COc1cccc(C(=O)NCC(=O)NNC(=O)NS(=O)(=O)c2ccc(C)cc2)c1. The van der Waals surface area contributed by atoms with Crippen LogP contribution in [-0.2, 0) is 14.8 Å². The third-order valence-corrected chi connectivity index (χ3v) is 4.96. The summed E-state index contributed by atoms with van der Waals surface area (Å²) < 4.78 is 30.9. The number of rotatable bonds is 6. The van der Waals surface area contributed by atoms with Crippen molar-refractivity contribution >= 4 is 27.9 Å². The summed E-state index contributed by atoms with van der Waals surface area (Å²) >= 11 is 0. The molecule has 29 heavy (non-hydrogen) atoms. The van der Waals surface area contributed by atoms with Crippen LogP contribution in [0.1, 0.15) is 15.9 Å². The first-order valence-corrected chi connectivity index (χ1v) is 9.80. The van der Waals surface area contributed by atoms with Crippen LogP contribution in [0.25, 0.3) is 0 Å². The summed E-state index contributed by atoms with van der Waals surface area (Å²) in [4.78, 5) is 35.3. The Morgan fingerprint density at radius 1 is 1.00 bits per heavy atom. The molecule has 2 aromatic carbocycles. The van der Waals surface area contributed by atoms with E-state index in [1.807, 2.05) is 10.9 Å². The van der Waals surface area contributed by atoms with Crippen LogP contribution in [0.15, 0.2) is 53.4 Å². The summed E-state index contributed by atoms with van der Waals surface area (Å²) in [5.74, 6) is -0.801. The smallest absolute Gasteiger partial charge is 0.347 e. The van der Waals surface area contributed by atoms with Crippen molar-refractivity contribution in [3.05, 3.63) is 59.7 Å². The maximum atomic E-state index is 12.1. The lowest BCUT2D eigenvalue weighted by molar-refractivity contribution is -0.120. The molecule has 0 bridgehead atoms. The van der Waals surface area contributed by atoms with E-state index in [0.717, 1.165) is 5.56 Å². The molecule has 0 aromatic heterocycles. The fourth-order valence-corrected chi connectivity index (χ4v) is 3.03. The van der Waals surface area contributed by atoms with Crippen LogP contribution in [0.3, 0.4) is 0 Å². The van der Waals surface area contributed by atoms with E-state index in [0.29, 0.717) is 5.75 Å². The molecule has 11 heteroatoms. The molecule has 10 nitrogen and oxygen atoms in total. The molecule has 154 valence electrons. The van der Waals surface area contributed by atoms with Gasteiger partial charge in [-0.2, -0.15) is 0 Å². The molecule has 0 radical (unpaired) electrons. The number of hydrogen-bond acceptors (Lipinski definition) is 6. The van der Waals surface area contributed by atoms with Gasteiger partial charge in [-0.05, 0) is 37.3 Å². The lowest BCUT2D eigenvalue weighted by Crippen LogP contribution is -2.51. The number of amides is 4. The van der Waals surface area contributed by atoms with Crippen molar-refractivity contribution in [1.29, 1.82) is 0 Å². The third kappa shape index (κ3) is 6.50. The summed E-state index contributed by atoms with van der Waals surface area (Å²) in [6, 6.07) is 11.0. The van der Waals surface area contributed by atoms with Crippen LogP contribution < -0.4 is 25.6 Å². The topological polar surface area (TPSA) is 143 Å². The van der Waals surface area contributed by atoms with Crippen molar-refractivity contribution in [2.75, 3.05) is 13.7 Å². The lowest BCUT2D eigenvalue weighted by Gasteiger charge is -2.10. The highest BCUT2D eigenvalue weighted by atomic mass is 32.2. The largest absolute Gasteiger partial charge is 0.497 e. The molecular weight excluding hydrogens is 400 g/mol. The van der Waals surface area contributed by atoms with Crippen molar-refractivity contribution in [3.63, 3.8) is 0 Å². The molecule has 0 saturated carbocycles. The zero-order valence-electron chi connectivity index (χ0n) is 15.7. The third-order valence-electron chi connectivity index (χ3n) is 3.62. The molecule has 0 unspecified atom stereocenters. The maximum Gasteiger partial charge on any atom is 0.347 e. The van der Waals surface area contributed by atoms with Gasteiger partial charge in [-0.1, -0.05) is 23.8 Å². The van der Waals surface area contributed by atoms with Gasteiger partial charge in [0.15, 0.2) is 0 Å². The molecule has 0 aliphatic rings. The number of nitrogens with one attached hydrogen (secondary N) is 4. The summed E-state index contributed by atoms with van der Waals surface area (Å²) in [7, 11) is -2.63. The van der Waals surface area contributed by atoms with Crippen molar-refractivity contribution in [1.82, 2.24) is 20.9 Å². The van der Waals surface area contributed by atoms with Gasteiger partial charge < -0.3 is 10.1 Å². The molecule has 0 aliphatic heterocycles. The number of benzene rings is 2. The quantitative estimate of drug-likeness (QED) is 0.500. The second-order valence-corrected chi connectivity index (χ2v) is 7.52. The summed E-state index contributed by atoms with van der Waals surface area (Å²) in [6.07, 6.45) is 0. The highest BCUT2D eigenvalue weighted by Gasteiger charge is 2.17. The van der Waals surface area contributed by atoms with Gasteiger partial charge in [-0.15, -0.1) is 0 Å². The first kappa shape index (κ1) is 21.7. The van der Waals surface area contributed by atoms with Gasteiger partial charge >= 0.3 is 6.03 Å². The molecule has 4 N–H and O–H groups in total. The van der Waals surface area contributed by atoms with Crippen molar-refractivity contribution < 1.29 is 27.5 Å². The van der Waals surface area contributed by atoms with Crippen LogP contribution in [0, 0.1) is 6.92 Å². The van der Waals surface area contributed by atoms with E-state index in [9.17, 15) is 22.8 Å². The number of hydrogen-bond donors (Lipinski definition) is 4. The minimum Gasteiger partial charge on any atom is -0.497 e. The van der Waals surface area contributed by atoms with E-state index >= 15 is 0 Å².